The smallest absolute Gasteiger partial charge is 0.0994 e. The molecule has 0 heterocycles. The monoisotopic (exact) mass is 232 g/mol. The molecule has 1 aromatic rings. The van der Waals surface area contributed by atoms with E-state index in [9.17, 15) is 0 Å². The largest absolute Gasteiger partial charge is 0.385 e. The van der Waals surface area contributed by atoms with Crippen molar-refractivity contribution in [2.75, 3.05) is 26.8 Å². The van der Waals surface area contributed by atoms with E-state index >= 15 is 0 Å². The summed E-state index contributed by atoms with van der Waals surface area (Å²) in [6, 6.07) is 8.20. The summed E-state index contributed by atoms with van der Waals surface area (Å²) in [5.41, 5.74) is 3.10. The number of methoxy groups -OCH3 is 1. The molecule has 3 heteroatoms. The van der Waals surface area contributed by atoms with Crippen LogP contribution in [0.1, 0.15) is 23.1 Å². The molecule has 0 bridgehead atoms. The van der Waals surface area contributed by atoms with E-state index in [-0.39, 0.29) is 0 Å². The van der Waals surface area contributed by atoms with Gasteiger partial charge in [-0.05, 0) is 50.0 Å². The standard InChI is InChI=1S/C14H20N2O/c1-12-10-13(4-5-14(12)11-15)6-8-16-7-3-9-17-2/h4-5,10,16H,3,6-9H2,1-2H3. The van der Waals surface area contributed by atoms with Crippen LogP contribution in [0.3, 0.4) is 0 Å². The molecule has 0 aliphatic heterocycles. The summed E-state index contributed by atoms with van der Waals surface area (Å²) in [5.74, 6) is 0. The summed E-state index contributed by atoms with van der Waals surface area (Å²) in [7, 11) is 1.72. The molecule has 0 aliphatic carbocycles. The van der Waals surface area contributed by atoms with Crippen molar-refractivity contribution in [3.63, 3.8) is 0 Å². The summed E-state index contributed by atoms with van der Waals surface area (Å²) in [6.07, 6.45) is 2.04. The van der Waals surface area contributed by atoms with Gasteiger partial charge in [-0.15, -0.1) is 0 Å². The second-order valence-corrected chi connectivity index (χ2v) is 4.11. The predicted molar refractivity (Wildman–Crippen MR) is 69.0 cm³/mol. The van der Waals surface area contributed by atoms with E-state index in [1.54, 1.807) is 7.11 Å². The maximum absolute atomic E-state index is 8.83. The lowest BCUT2D eigenvalue weighted by molar-refractivity contribution is 0.194. The van der Waals surface area contributed by atoms with E-state index < -0.39 is 0 Å². The van der Waals surface area contributed by atoms with Gasteiger partial charge in [0.1, 0.15) is 0 Å². The second-order valence-electron chi connectivity index (χ2n) is 4.11. The normalized spacial score (nSPS) is 10.2. The first-order valence-corrected chi connectivity index (χ1v) is 5.97. The minimum atomic E-state index is 0.766. The van der Waals surface area contributed by atoms with E-state index in [4.69, 9.17) is 10.00 Å². The molecule has 0 saturated heterocycles. The van der Waals surface area contributed by atoms with Crippen LogP contribution in [-0.2, 0) is 11.2 Å². The summed E-state index contributed by atoms with van der Waals surface area (Å²) in [4.78, 5) is 0. The second kappa shape index (κ2) is 7.83. The molecule has 0 saturated carbocycles. The number of nitrogens with zero attached hydrogens (tertiary/aromatic N) is 1. The molecule has 0 fully saturated rings. The molecule has 0 unspecified atom stereocenters. The molecule has 0 aromatic heterocycles. The average Bonchev–Trinajstić information content (AvgIpc) is 2.34. The number of benzene rings is 1. The van der Waals surface area contributed by atoms with Gasteiger partial charge in [0, 0.05) is 13.7 Å². The number of ether oxygens (including phenoxy) is 1. The van der Waals surface area contributed by atoms with Crippen molar-refractivity contribution in [3.8, 4) is 6.07 Å². The number of hydrogen-bond acceptors (Lipinski definition) is 3. The zero-order valence-corrected chi connectivity index (χ0v) is 10.6. The molecular formula is C14H20N2O. The van der Waals surface area contributed by atoms with Gasteiger partial charge in [-0.25, -0.2) is 0 Å². The Balaban J connectivity index is 2.28. The maximum atomic E-state index is 8.83. The number of aryl methyl sites for hydroxylation is 1. The van der Waals surface area contributed by atoms with Gasteiger partial charge in [0.25, 0.3) is 0 Å². The molecule has 1 aromatic carbocycles. The fourth-order valence-corrected chi connectivity index (χ4v) is 1.71. The van der Waals surface area contributed by atoms with Crippen LogP contribution in [-0.4, -0.2) is 26.8 Å². The Morgan fingerprint density at radius 2 is 2.18 bits per heavy atom. The minimum absolute atomic E-state index is 0.766. The van der Waals surface area contributed by atoms with Crippen molar-refractivity contribution < 1.29 is 4.74 Å². The SMILES string of the molecule is COCCCNCCc1ccc(C#N)c(C)c1. The average molecular weight is 232 g/mol. The van der Waals surface area contributed by atoms with Crippen LogP contribution < -0.4 is 5.32 Å². The van der Waals surface area contributed by atoms with Gasteiger partial charge in [0.05, 0.1) is 11.6 Å². The zero-order chi connectivity index (χ0) is 12.5. The lowest BCUT2D eigenvalue weighted by atomic mass is 10.0. The molecule has 0 atom stereocenters. The van der Waals surface area contributed by atoms with Gasteiger partial charge >= 0.3 is 0 Å². The predicted octanol–water partition coefficient (Wildman–Crippen LogP) is 2.04. The Labute approximate surface area is 103 Å². The van der Waals surface area contributed by atoms with Crippen molar-refractivity contribution >= 4 is 0 Å². The van der Waals surface area contributed by atoms with Crippen LogP contribution in [0, 0.1) is 18.3 Å². The van der Waals surface area contributed by atoms with Crippen molar-refractivity contribution in [3.05, 3.63) is 34.9 Å². The van der Waals surface area contributed by atoms with E-state index in [0.29, 0.717) is 0 Å². The minimum Gasteiger partial charge on any atom is -0.385 e. The molecule has 92 valence electrons. The quantitative estimate of drug-likeness (QED) is 0.732. The van der Waals surface area contributed by atoms with E-state index in [1.165, 1.54) is 5.56 Å². The van der Waals surface area contributed by atoms with Gasteiger partial charge in [-0.1, -0.05) is 12.1 Å². The van der Waals surface area contributed by atoms with Crippen LogP contribution in [0.5, 0.6) is 0 Å². The zero-order valence-electron chi connectivity index (χ0n) is 10.6. The third kappa shape index (κ3) is 4.99. The Hall–Kier alpha value is -1.37. The fourth-order valence-electron chi connectivity index (χ4n) is 1.71. The highest BCUT2D eigenvalue weighted by molar-refractivity contribution is 5.39. The summed E-state index contributed by atoms with van der Waals surface area (Å²) in [5, 5.41) is 12.2. The molecular weight excluding hydrogens is 212 g/mol. The molecule has 3 nitrogen and oxygen atoms in total. The number of nitrogens with one attached hydrogen (secondary N) is 1. The lowest BCUT2D eigenvalue weighted by Gasteiger charge is -2.06. The van der Waals surface area contributed by atoms with Gasteiger partial charge in [-0.2, -0.15) is 5.26 Å². The highest BCUT2D eigenvalue weighted by Crippen LogP contribution is 2.10. The van der Waals surface area contributed by atoms with Gasteiger partial charge in [0.15, 0.2) is 0 Å². The summed E-state index contributed by atoms with van der Waals surface area (Å²) >= 11 is 0. The maximum Gasteiger partial charge on any atom is 0.0994 e. The van der Waals surface area contributed by atoms with Crippen LogP contribution in [0.25, 0.3) is 0 Å². The van der Waals surface area contributed by atoms with Crippen LogP contribution >= 0.6 is 0 Å². The summed E-state index contributed by atoms with van der Waals surface area (Å²) < 4.78 is 4.98. The number of hydrogen-bond donors (Lipinski definition) is 1. The van der Waals surface area contributed by atoms with Crippen LogP contribution in [0.4, 0.5) is 0 Å². The lowest BCUT2D eigenvalue weighted by Crippen LogP contribution is -2.19. The first-order chi connectivity index (χ1) is 8.27. The molecule has 0 spiro atoms. The first-order valence-electron chi connectivity index (χ1n) is 5.97. The van der Waals surface area contributed by atoms with Gasteiger partial charge in [-0.3, -0.25) is 0 Å². The first kappa shape index (κ1) is 13.7. The fraction of sp³-hybridized carbons (Fsp3) is 0.500. The number of nitriles is 1. The Kier molecular flexibility index (Phi) is 6.31. The topological polar surface area (TPSA) is 45.0 Å². The van der Waals surface area contributed by atoms with Crippen molar-refractivity contribution in [1.29, 1.82) is 5.26 Å². The van der Waals surface area contributed by atoms with E-state index in [2.05, 4.69) is 17.5 Å². The highest BCUT2D eigenvalue weighted by atomic mass is 16.5. The van der Waals surface area contributed by atoms with Gasteiger partial charge < -0.3 is 10.1 Å². The van der Waals surface area contributed by atoms with Crippen molar-refractivity contribution in [2.24, 2.45) is 0 Å². The van der Waals surface area contributed by atoms with Crippen LogP contribution in [0.15, 0.2) is 18.2 Å². The molecule has 1 N–H and O–H groups in total. The Morgan fingerprint density at radius 3 is 2.82 bits per heavy atom. The Morgan fingerprint density at radius 1 is 1.35 bits per heavy atom. The van der Waals surface area contributed by atoms with Crippen molar-refractivity contribution in [2.45, 2.75) is 19.8 Å². The summed E-state index contributed by atoms with van der Waals surface area (Å²) in [6.45, 7) is 4.75. The van der Waals surface area contributed by atoms with Crippen LogP contribution in [0.2, 0.25) is 0 Å². The third-order valence-corrected chi connectivity index (χ3v) is 2.70. The highest BCUT2D eigenvalue weighted by Gasteiger charge is 1.99. The molecule has 17 heavy (non-hydrogen) atoms. The Bertz CT molecular complexity index is 382. The van der Waals surface area contributed by atoms with Gasteiger partial charge in [0.2, 0.25) is 0 Å². The molecule has 1 rings (SSSR count). The molecule has 0 amide bonds. The molecule has 0 radical (unpaired) electrons. The van der Waals surface area contributed by atoms with E-state index in [1.807, 2.05) is 19.1 Å². The molecule has 0 aliphatic rings. The van der Waals surface area contributed by atoms with E-state index in [0.717, 1.165) is 43.7 Å². The third-order valence-electron chi connectivity index (χ3n) is 2.70. The number of rotatable bonds is 7. The van der Waals surface area contributed by atoms with Crippen molar-refractivity contribution in [1.82, 2.24) is 5.32 Å².